The van der Waals surface area contributed by atoms with E-state index >= 15 is 0 Å². The third-order valence-electron chi connectivity index (χ3n) is 6.05. The monoisotopic (exact) mass is 389 g/mol. The third kappa shape index (κ3) is 3.74. The molecule has 0 saturated heterocycles. The van der Waals surface area contributed by atoms with E-state index in [1.54, 1.807) is 16.3 Å². The number of nitrogens with zero attached hydrogens (tertiary/aromatic N) is 2. The third-order valence-corrected chi connectivity index (χ3v) is 6.77. The summed E-state index contributed by atoms with van der Waals surface area (Å²) >= 11 is 1.63. The minimum Gasteiger partial charge on any atom is -0.329 e. The summed E-state index contributed by atoms with van der Waals surface area (Å²) in [6, 6.07) is 5.88. The Labute approximate surface area is 165 Å². The molecule has 148 valence electrons. The van der Waals surface area contributed by atoms with Crippen LogP contribution >= 0.6 is 11.8 Å². The summed E-state index contributed by atoms with van der Waals surface area (Å²) in [5.74, 6) is 1.15. The van der Waals surface area contributed by atoms with Gasteiger partial charge >= 0.3 is 5.69 Å². The molecule has 0 aliphatic heterocycles. The highest BCUT2D eigenvalue weighted by atomic mass is 32.2. The highest BCUT2D eigenvalue weighted by molar-refractivity contribution is 7.98. The summed E-state index contributed by atoms with van der Waals surface area (Å²) in [5, 5.41) is 0. The molecule has 27 heavy (non-hydrogen) atoms. The number of rotatable bonds is 5. The average Bonchev–Trinajstić information content (AvgIpc) is 2.92. The van der Waals surface area contributed by atoms with Gasteiger partial charge in [0.05, 0.1) is 11.0 Å². The largest absolute Gasteiger partial charge is 0.336 e. The number of benzene rings is 1. The van der Waals surface area contributed by atoms with Gasteiger partial charge in [-0.15, -0.1) is 11.8 Å². The number of imidazole rings is 1. The Hall–Kier alpha value is -1.53. The van der Waals surface area contributed by atoms with Crippen LogP contribution in [0.15, 0.2) is 27.9 Å². The van der Waals surface area contributed by atoms with Gasteiger partial charge in [-0.1, -0.05) is 27.2 Å². The second-order valence-electron chi connectivity index (χ2n) is 8.18. The molecule has 1 aliphatic carbocycles. The van der Waals surface area contributed by atoms with Crippen molar-refractivity contribution in [1.82, 2.24) is 9.13 Å². The average molecular weight is 390 g/mol. The molecule has 3 unspecified atom stereocenters. The van der Waals surface area contributed by atoms with Gasteiger partial charge in [0.25, 0.3) is 0 Å². The van der Waals surface area contributed by atoms with Crippen molar-refractivity contribution >= 4 is 28.7 Å². The molecule has 0 bridgehead atoms. The number of hydrogen-bond acceptors (Lipinski definition) is 4. The van der Waals surface area contributed by atoms with E-state index in [1.165, 1.54) is 4.57 Å². The van der Waals surface area contributed by atoms with Crippen molar-refractivity contribution in [3.05, 3.63) is 28.7 Å². The first kappa shape index (κ1) is 20.2. The fourth-order valence-electron chi connectivity index (χ4n) is 4.57. The van der Waals surface area contributed by atoms with E-state index in [-0.39, 0.29) is 17.5 Å². The van der Waals surface area contributed by atoms with Gasteiger partial charge in [-0.25, -0.2) is 9.36 Å². The molecule has 2 N–H and O–H groups in total. The van der Waals surface area contributed by atoms with Crippen LogP contribution in [-0.2, 0) is 6.54 Å². The first-order valence-electron chi connectivity index (χ1n) is 9.92. The number of aromatic nitrogens is 2. The van der Waals surface area contributed by atoms with Crippen LogP contribution in [-0.4, -0.2) is 27.8 Å². The standard InChI is InChI=1S/C21H31N3O2S/c1-13(2)16-7-5-14(3)11-17(16)20(25)24-18-8-6-15(27-4)12-19(18)23(10-9-22)21(24)26/h6,8,12-14,16-17H,5,7,9-11,22H2,1-4H3. The second kappa shape index (κ2) is 8.23. The van der Waals surface area contributed by atoms with Crippen LogP contribution in [0.2, 0.25) is 0 Å². The lowest BCUT2D eigenvalue weighted by Crippen LogP contribution is -2.40. The first-order valence-corrected chi connectivity index (χ1v) is 11.1. The molecule has 1 saturated carbocycles. The van der Waals surface area contributed by atoms with E-state index in [0.717, 1.165) is 29.7 Å². The summed E-state index contributed by atoms with van der Waals surface area (Å²) in [4.78, 5) is 27.8. The van der Waals surface area contributed by atoms with Gasteiger partial charge in [0.15, 0.2) is 0 Å². The van der Waals surface area contributed by atoms with Crippen LogP contribution in [0.25, 0.3) is 11.0 Å². The zero-order chi connectivity index (χ0) is 19.7. The number of thioether (sulfide) groups is 1. The molecule has 0 radical (unpaired) electrons. The molecular weight excluding hydrogens is 358 g/mol. The van der Waals surface area contributed by atoms with Gasteiger partial charge in [0, 0.05) is 23.9 Å². The number of carbonyl (C=O) groups is 1. The van der Waals surface area contributed by atoms with Crippen molar-refractivity contribution in [1.29, 1.82) is 0 Å². The van der Waals surface area contributed by atoms with Crippen LogP contribution in [0.4, 0.5) is 0 Å². The zero-order valence-electron chi connectivity index (χ0n) is 16.8. The predicted octanol–water partition coefficient (Wildman–Crippen LogP) is 3.83. The van der Waals surface area contributed by atoms with Gasteiger partial charge in [-0.2, -0.15) is 0 Å². The smallest absolute Gasteiger partial charge is 0.329 e. The fourth-order valence-corrected chi connectivity index (χ4v) is 5.01. The van der Waals surface area contributed by atoms with Gasteiger partial charge in [-0.3, -0.25) is 9.36 Å². The molecule has 1 aliphatic rings. The molecule has 3 rings (SSSR count). The Balaban J connectivity index is 2.13. The van der Waals surface area contributed by atoms with Gasteiger partial charge in [-0.05, 0) is 55.1 Å². The molecule has 0 amide bonds. The summed E-state index contributed by atoms with van der Waals surface area (Å²) in [5.41, 5.74) is 7.00. The van der Waals surface area contributed by atoms with E-state index in [9.17, 15) is 9.59 Å². The lowest BCUT2D eigenvalue weighted by molar-refractivity contribution is 0.0633. The molecule has 5 nitrogen and oxygen atoms in total. The topological polar surface area (TPSA) is 70.0 Å². The van der Waals surface area contributed by atoms with E-state index in [2.05, 4.69) is 20.8 Å². The quantitative estimate of drug-likeness (QED) is 0.789. The first-order chi connectivity index (χ1) is 12.9. The van der Waals surface area contributed by atoms with E-state index in [1.807, 2.05) is 24.5 Å². The molecule has 1 fully saturated rings. The van der Waals surface area contributed by atoms with Crippen molar-refractivity contribution in [2.45, 2.75) is 51.5 Å². The van der Waals surface area contributed by atoms with Crippen molar-refractivity contribution < 1.29 is 4.79 Å². The molecule has 0 spiro atoms. The number of nitrogens with two attached hydrogens (primary N) is 1. The summed E-state index contributed by atoms with van der Waals surface area (Å²) in [6.45, 7) is 7.37. The zero-order valence-corrected chi connectivity index (χ0v) is 17.6. The molecule has 1 heterocycles. The summed E-state index contributed by atoms with van der Waals surface area (Å²) < 4.78 is 3.08. The van der Waals surface area contributed by atoms with Crippen LogP contribution in [0.1, 0.15) is 44.8 Å². The Morgan fingerprint density at radius 3 is 2.67 bits per heavy atom. The number of carbonyl (C=O) groups excluding carboxylic acids is 1. The molecule has 6 heteroatoms. The van der Waals surface area contributed by atoms with Crippen molar-refractivity contribution in [3.63, 3.8) is 0 Å². The SMILES string of the molecule is CSc1ccc2c(c1)n(CCN)c(=O)n2C(=O)C1CC(C)CCC1C(C)C. The summed E-state index contributed by atoms with van der Waals surface area (Å²) in [7, 11) is 0. The lowest BCUT2D eigenvalue weighted by atomic mass is 9.69. The predicted molar refractivity (Wildman–Crippen MR) is 112 cm³/mol. The maximum absolute atomic E-state index is 13.6. The molecule has 1 aromatic carbocycles. The Bertz CT molecular complexity index is 883. The maximum Gasteiger partial charge on any atom is 0.336 e. The Morgan fingerprint density at radius 2 is 2.04 bits per heavy atom. The van der Waals surface area contributed by atoms with Crippen LogP contribution in [0.5, 0.6) is 0 Å². The molecular formula is C21H31N3O2S. The second-order valence-corrected chi connectivity index (χ2v) is 9.06. The van der Waals surface area contributed by atoms with Gasteiger partial charge in [0.2, 0.25) is 5.91 Å². The van der Waals surface area contributed by atoms with Crippen LogP contribution in [0, 0.1) is 23.7 Å². The lowest BCUT2D eigenvalue weighted by Gasteiger charge is -2.36. The maximum atomic E-state index is 13.6. The highest BCUT2D eigenvalue weighted by Gasteiger charge is 2.37. The van der Waals surface area contributed by atoms with Crippen molar-refractivity contribution in [3.8, 4) is 0 Å². The minimum absolute atomic E-state index is 0.0390. The highest BCUT2D eigenvalue weighted by Crippen LogP contribution is 2.39. The van der Waals surface area contributed by atoms with E-state index in [0.29, 0.717) is 36.4 Å². The fraction of sp³-hybridized carbons (Fsp3) is 0.619. The normalized spacial score (nSPS) is 23.3. The van der Waals surface area contributed by atoms with E-state index in [4.69, 9.17) is 5.73 Å². The number of hydrogen-bond donors (Lipinski definition) is 1. The molecule has 3 atom stereocenters. The van der Waals surface area contributed by atoms with Crippen LogP contribution < -0.4 is 11.4 Å². The number of fused-ring (bicyclic) bond motifs is 1. The minimum atomic E-state index is -0.251. The molecule has 2 aromatic rings. The van der Waals surface area contributed by atoms with Crippen LogP contribution in [0.3, 0.4) is 0 Å². The van der Waals surface area contributed by atoms with Crippen molar-refractivity contribution in [2.24, 2.45) is 29.4 Å². The molecule has 1 aromatic heterocycles. The summed E-state index contributed by atoms with van der Waals surface area (Å²) in [6.07, 6.45) is 5.08. The van der Waals surface area contributed by atoms with Gasteiger partial charge < -0.3 is 5.73 Å². The van der Waals surface area contributed by atoms with Gasteiger partial charge in [0.1, 0.15) is 0 Å². The Kier molecular flexibility index (Phi) is 6.16. The Morgan fingerprint density at radius 1 is 1.30 bits per heavy atom. The van der Waals surface area contributed by atoms with E-state index < -0.39 is 0 Å². The van der Waals surface area contributed by atoms with Crippen molar-refractivity contribution in [2.75, 3.05) is 12.8 Å².